The maximum Gasteiger partial charge on any atom is 0.118 e. The fraction of sp³-hybridized carbons (Fsp3) is 0.419. The Bertz CT molecular complexity index is 1180. The lowest BCUT2D eigenvalue weighted by atomic mass is 9.96. The van der Waals surface area contributed by atoms with Crippen molar-refractivity contribution in [2.45, 2.75) is 78.7 Å². The molecule has 3 rings (SSSR count). The van der Waals surface area contributed by atoms with E-state index in [1.165, 1.54) is 70.3 Å². The Morgan fingerprint density at radius 1 is 1.21 bits per heavy atom. The first-order valence-corrected chi connectivity index (χ1v) is 12.7. The van der Waals surface area contributed by atoms with Gasteiger partial charge in [0.25, 0.3) is 0 Å². The fourth-order valence-electron chi connectivity index (χ4n) is 4.29. The number of nitrogens with zero attached hydrogens (tertiary/aromatic N) is 1. The molecule has 1 aromatic carbocycles. The third-order valence-corrected chi connectivity index (χ3v) is 6.82. The summed E-state index contributed by atoms with van der Waals surface area (Å²) in [4.78, 5) is 0. The Morgan fingerprint density at radius 3 is 2.61 bits per heavy atom. The van der Waals surface area contributed by atoms with Crippen molar-refractivity contribution in [2.75, 3.05) is 0 Å². The smallest absolute Gasteiger partial charge is 0.118 e. The number of aromatic nitrogens is 1. The predicted octanol–water partition coefficient (Wildman–Crippen LogP) is 7.33. The van der Waals surface area contributed by atoms with Gasteiger partial charge in [-0.15, -0.1) is 0 Å². The molecule has 0 radical (unpaired) electrons. The van der Waals surface area contributed by atoms with Gasteiger partial charge in [-0.2, -0.15) is 0 Å². The Kier molecular flexibility index (Phi) is 9.00. The van der Waals surface area contributed by atoms with E-state index in [-0.39, 0.29) is 0 Å². The molecular weight excluding hydrogens is 402 g/mol. The molecule has 33 heavy (non-hydrogen) atoms. The average molecular weight is 444 g/mol. The van der Waals surface area contributed by atoms with Gasteiger partial charge >= 0.3 is 0 Å². The van der Waals surface area contributed by atoms with Crippen LogP contribution in [0.4, 0.5) is 0 Å². The first-order chi connectivity index (χ1) is 16.0. The van der Waals surface area contributed by atoms with Crippen molar-refractivity contribution < 1.29 is 4.74 Å². The molecule has 1 aliphatic carbocycles. The molecule has 0 bridgehead atoms. The summed E-state index contributed by atoms with van der Waals surface area (Å²) < 4.78 is 8.59. The number of hydrogen-bond donors (Lipinski definition) is 0. The van der Waals surface area contributed by atoms with Crippen LogP contribution in [0.25, 0.3) is 28.6 Å². The molecule has 0 N–H and O–H groups in total. The van der Waals surface area contributed by atoms with Gasteiger partial charge < -0.3 is 9.30 Å². The minimum Gasteiger partial charge on any atom is -0.491 e. The van der Waals surface area contributed by atoms with Crippen LogP contribution in [0.15, 0.2) is 60.4 Å². The monoisotopic (exact) mass is 443 g/mol. The summed E-state index contributed by atoms with van der Waals surface area (Å²) in [7, 11) is 2.15. The van der Waals surface area contributed by atoms with Gasteiger partial charge in [-0.1, -0.05) is 69.7 Å². The molecule has 2 aromatic rings. The van der Waals surface area contributed by atoms with E-state index in [9.17, 15) is 0 Å². The molecule has 176 valence electrons. The zero-order valence-corrected chi connectivity index (χ0v) is 21.3. The molecule has 2 heteroatoms. The molecular formula is C31H41NO. The molecule has 1 aliphatic rings. The number of unbranched alkanes of at least 4 members (excludes halogenated alkanes) is 2. The number of benzene rings is 1. The predicted molar refractivity (Wildman–Crippen MR) is 145 cm³/mol. The van der Waals surface area contributed by atoms with Crippen LogP contribution in [0.3, 0.4) is 0 Å². The van der Waals surface area contributed by atoms with E-state index < -0.39 is 0 Å². The zero-order valence-electron chi connectivity index (χ0n) is 21.3. The average Bonchev–Trinajstić information content (AvgIpc) is 3.05. The van der Waals surface area contributed by atoms with Crippen LogP contribution in [0, 0.1) is 0 Å². The van der Waals surface area contributed by atoms with Gasteiger partial charge in [-0.05, 0) is 80.9 Å². The zero-order chi connectivity index (χ0) is 23.8. The Morgan fingerprint density at radius 2 is 2.00 bits per heavy atom. The summed E-state index contributed by atoms with van der Waals surface area (Å²) in [6, 6.07) is 6.84. The van der Waals surface area contributed by atoms with Crippen molar-refractivity contribution >= 4 is 28.6 Å². The lowest BCUT2D eigenvalue weighted by Gasteiger charge is -2.27. The summed E-state index contributed by atoms with van der Waals surface area (Å²) in [6.45, 7) is 12.7. The van der Waals surface area contributed by atoms with E-state index >= 15 is 0 Å². The lowest BCUT2D eigenvalue weighted by molar-refractivity contribution is 0.0572. The quantitative estimate of drug-likeness (QED) is 0.213. The first kappa shape index (κ1) is 24.9. The molecule has 1 saturated carbocycles. The molecule has 0 atom stereocenters. The van der Waals surface area contributed by atoms with Gasteiger partial charge in [-0.25, -0.2) is 0 Å². The minimum absolute atomic E-state index is 0.391. The molecule has 0 amide bonds. The Balaban J connectivity index is 2.01. The molecule has 2 nitrogen and oxygen atoms in total. The van der Waals surface area contributed by atoms with Crippen molar-refractivity contribution in [2.24, 2.45) is 7.05 Å². The molecule has 0 aliphatic heterocycles. The van der Waals surface area contributed by atoms with E-state index in [2.05, 4.69) is 94.5 Å². The highest BCUT2D eigenvalue weighted by molar-refractivity contribution is 5.87. The van der Waals surface area contributed by atoms with Crippen LogP contribution < -0.4 is 10.6 Å². The summed E-state index contributed by atoms with van der Waals surface area (Å²) >= 11 is 0. The van der Waals surface area contributed by atoms with Gasteiger partial charge in [0.05, 0.1) is 6.10 Å². The van der Waals surface area contributed by atoms with Gasteiger partial charge in [0.15, 0.2) is 0 Å². The SMILES string of the molecule is C=C/C=c1\c(=C/CCCC)c2ccc(C(/C=C\C(OC3CCC3)=C(/C)CC)=C/C)cc2n1C. The molecule has 1 fully saturated rings. The first-order valence-electron chi connectivity index (χ1n) is 12.7. The van der Waals surface area contributed by atoms with Crippen LogP contribution >= 0.6 is 0 Å². The number of allylic oxidation sites excluding steroid dienone is 6. The minimum atomic E-state index is 0.391. The lowest BCUT2D eigenvalue weighted by Crippen LogP contribution is -2.27. The van der Waals surface area contributed by atoms with E-state index in [1.807, 2.05) is 6.08 Å². The summed E-state index contributed by atoms with van der Waals surface area (Å²) in [5, 5.41) is 3.85. The second-order valence-electron chi connectivity index (χ2n) is 9.08. The van der Waals surface area contributed by atoms with Crippen LogP contribution in [0.2, 0.25) is 0 Å². The van der Waals surface area contributed by atoms with Gasteiger partial charge in [0, 0.05) is 28.5 Å². The Labute approximate surface area is 200 Å². The largest absolute Gasteiger partial charge is 0.491 e. The highest BCUT2D eigenvalue weighted by Gasteiger charge is 2.20. The normalized spacial score (nSPS) is 17.1. The standard InChI is InChI=1S/C31H41NO/c1-7-11-12-17-27-28-20-18-25(22-30(28)32(6)29(27)14-8-2)24(10-4)19-21-31(23(5)9-3)33-26-15-13-16-26/h8,10,14,17-22,26H,2,7,9,11-13,15-16H2,1,3-6H3/b21-19-,24-10+,27-17-,29-14+,31-23-. The molecule has 1 aromatic heterocycles. The number of rotatable bonds is 10. The highest BCUT2D eigenvalue weighted by Crippen LogP contribution is 2.28. The fourth-order valence-corrected chi connectivity index (χ4v) is 4.29. The topological polar surface area (TPSA) is 14.2 Å². The second-order valence-corrected chi connectivity index (χ2v) is 9.08. The highest BCUT2D eigenvalue weighted by atomic mass is 16.5. The van der Waals surface area contributed by atoms with E-state index in [0.717, 1.165) is 18.6 Å². The van der Waals surface area contributed by atoms with Crippen molar-refractivity contribution in [3.8, 4) is 0 Å². The van der Waals surface area contributed by atoms with Crippen molar-refractivity contribution in [3.05, 3.63) is 76.5 Å². The number of aryl methyl sites for hydroxylation is 1. The van der Waals surface area contributed by atoms with Gasteiger partial charge in [-0.3, -0.25) is 0 Å². The van der Waals surface area contributed by atoms with Gasteiger partial charge in [0.2, 0.25) is 0 Å². The number of hydrogen-bond acceptors (Lipinski definition) is 1. The van der Waals surface area contributed by atoms with Crippen LogP contribution in [-0.2, 0) is 11.8 Å². The molecule has 0 saturated heterocycles. The maximum absolute atomic E-state index is 6.30. The van der Waals surface area contributed by atoms with Crippen molar-refractivity contribution in [1.29, 1.82) is 0 Å². The second kappa shape index (κ2) is 11.9. The number of fused-ring (bicyclic) bond motifs is 1. The van der Waals surface area contributed by atoms with Gasteiger partial charge in [0.1, 0.15) is 5.76 Å². The number of ether oxygens (including phenoxy) is 1. The summed E-state index contributed by atoms with van der Waals surface area (Å²) in [5.41, 5.74) is 5.00. The molecule has 0 unspecified atom stereocenters. The van der Waals surface area contributed by atoms with Crippen molar-refractivity contribution in [1.82, 2.24) is 4.57 Å². The maximum atomic E-state index is 6.30. The molecule has 1 heterocycles. The Hall–Kier alpha value is -2.74. The van der Waals surface area contributed by atoms with Crippen LogP contribution in [0.5, 0.6) is 0 Å². The van der Waals surface area contributed by atoms with Crippen molar-refractivity contribution in [3.63, 3.8) is 0 Å². The summed E-state index contributed by atoms with van der Waals surface area (Å²) in [5.74, 6) is 1.04. The summed E-state index contributed by atoms with van der Waals surface area (Å²) in [6.07, 6.45) is 21.5. The van der Waals surface area contributed by atoms with Crippen LogP contribution in [-0.4, -0.2) is 10.7 Å². The van der Waals surface area contributed by atoms with E-state index in [4.69, 9.17) is 4.74 Å². The van der Waals surface area contributed by atoms with E-state index in [1.54, 1.807) is 0 Å². The third kappa shape index (κ3) is 5.79. The van der Waals surface area contributed by atoms with Crippen LogP contribution in [0.1, 0.15) is 78.2 Å². The molecule has 0 spiro atoms. The third-order valence-electron chi connectivity index (χ3n) is 6.82. The van der Waals surface area contributed by atoms with E-state index in [0.29, 0.717) is 6.10 Å².